The predicted octanol–water partition coefficient (Wildman–Crippen LogP) is 3.09. The molecule has 0 unspecified atom stereocenters. The minimum Gasteiger partial charge on any atom is -0.384 e. The van der Waals surface area contributed by atoms with Crippen molar-refractivity contribution in [1.29, 1.82) is 0 Å². The molecule has 0 bridgehead atoms. The van der Waals surface area contributed by atoms with Crippen LogP contribution in [0, 0.1) is 6.92 Å². The number of aryl methyl sites for hydroxylation is 2. The van der Waals surface area contributed by atoms with Crippen molar-refractivity contribution in [2.24, 2.45) is 7.05 Å². The summed E-state index contributed by atoms with van der Waals surface area (Å²) in [6.45, 7) is 1.97. The average Bonchev–Trinajstić information content (AvgIpc) is 2.84. The zero-order chi connectivity index (χ0) is 15.0. The Bertz CT molecular complexity index is 810. The molecule has 0 radical (unpaired) electrons. The van der Waals surface area contributed by atoms with Gasteiger partial charge in [-0.3, -0.25) is 4.68 Å². The molecule has 2 heterocycles. The fourth-order valence-electron chi connectivity index (χ4n) is 2.17. The molecule has 0 saturated carbocycles. The van der Waals surface area contributed by atoms with Crippen molar-refractivity contribution in [1.82, 2.24) is 19.7 Å². The maximum atomic E-state index is 5.99. The SMILES string of the molecule is Cc1cc(Cl)ccc1-c1nc(N)cc(-c2cnn(C)c2)n1. The number of hydrogen-bond acceptors (Lipinski definition) is 4. The summed E-state index contributed by atoms with van der Waals surface area (Å²) >= 11 is 5.99. The second kappa shape index (κ2) is 5.18. The molecule has 106 valence electrons. The number of halogens is 1. The first-order valence-corrected chi connectivity index (χ1v) is 6.81. The average molecular weight is 300 g/mol. The monoisotopic (exact) mass is 299 g/mol. The lowest BCUT2D eigenvalue weighted by molar-refractivity contribution is 0.768. The Labute approximate surface area is 127 Å². The van der Waals surface area contributed by atoms with E-state index < -0.39 is 0 Å². The largest absolute Gasteiger partial charge is 0.384 e. The summed E-state index contributed by atoms with van der Waals surface area (Å²) in [4.78, 5) is 8.91. The Kier molecular flexibility index (Phi) is 3.35. The van der Waals surface area contributed by atoms with Crippen LogP contribution >= 0.6 is 11.6 Å². The summed E-state index contributed by atoms with van der Waals surface area (Å²) in [5.41, 5.74) is 9.49. The van der Waals surface area contributed by atoms with Crippen molar-refractivity contribution in [2.45, 2.75) is 6.92 Å². The first-order chi connectivity index (χ1) is 10.0. The Morgan fingerprint density at radius 2 is 2.00 bits per heavy atom. The Morgan fingerprint density at radius 1 is 1.19 bits per heavy atom. The highest BCUT2D eigenvalue weighted by molar-refractivity contribution is 6.30. The van der Waals surface area contributed by atoms with Gasteiger partial charge in [-0.05, 0) is 30.7 Å². The molecular formula is C15H14ClN5. The lowest BCUT2D eigenvalue weighted by Crippen LogP contribution is -1.98. The zero-order valence-electron chi connectivity index (χ0n) is 11.7. The molecule has 1 aromatic carbocycles. The quantitative estimate of drug-likeness (QED) is 0.789. The van der Waals surface area contributed by atoms with E-state index in [4.69, 9.17) is 17.3 Å². The standard InChI is InChI=1S/C15H14ClN5/c1-9-5-11(16)3-4-12(9)15-19-13(6-14(17)20-15)10-7-18-21(2)8-10/h3-8H,1-2H3,(H2,17,19,20). The molecule has 0 aliphatic carbocycles. The fourth-order valence-corrected chi connectivity index (χ4v) is 2.39. The first kappa shape index (κ1) is 13.6. The lowest BCUT2D eigenvalue weighted by atomic mass is 10.1. The number of rotatable bonds is 2. The summed E-state index contributed by atoms with van der Waals surface area (Å²) in [7, 11) is 1.86. The Balaban J connectivity index is 2.13. The summed E-state index contributed by atoms with van der Waals surface area (Å²) in [5, 5.41) is 4.84. The first-order valence-electron chi connectivity index (χ1n) is 6.43. The summed E-state index contributed by atoms with van der Waals surface area (Å²) in [6, 6.07) is 7.35. The van der Waals surface area contributed by atoms with E-state index in [1.165, 1.54) is 0 Å². The van der Waals surface area contributed by atoms with Crippen molar-refractivity contribution in [3.05, 3.63) is 47.2 Å². The third kappa shape index (κ3) is 2.73. The predicted molar refractivity (Wildman–Crippen MR) is 83.8 cm³/mol. The van der Waals surface area contributed by atoms with Gasteiger partial charge < -0.3 is 5.73 Å². The summed E-state index contributed by atoms with van der Waals surface area (Å²) < 4.78 is 1.72. The molecule has 0 aliphatic rings. The van der Waals surface area contributed by atoms with E-state index in [1.807, 2.05) is 38.4 Å². The van der Waals surface area contributed by atoms with Gasteiger partial charge in [0.1, 0.15) is 5.82 Å². The van der Waals surface area contributed by atoms with Crippen LogP contribution in [0.1, 0.15) is 5.56 Å². The number of anilines is 1. The number of nitrogens with zero attached hydrogens (tertiary/aromatic N) is 4. The molecule has 2 N–H and O–H groups in total. The second-order valence-corrected chi connectivity index (χ2v) is 5.30. The third-order valence-corrected chi connectivity index (χ3v) is 3.41. The molecule has 0 amide bonds. The number of benzene rings is 1. The second-order valence-electron chi connectivity index (χ2n) is 4.86. The molecule has 21 heavy (non-hydrogen) atoms. The van der Waals surface area contributed by atoms with E-state index in [0.29, 0.717) is 16.7 Å². The Morgan fingerprint density at radius 3 is 2.67 bits per heavy atom. The molecule has 3 aromatic rings. The van der Waals surface area contributed by atoms with Gasteiger partial charge in [-0.15, -0.1) is 0 Å². The van der Waals surface area contributed by atoms with Gasteiger partial charge in [-0.25, -0.2) is 9.97 Å². The van der Waals surface area contributed by atoms with Crippen LogP contribution in [0.4, 0.5) is 5.82 Å². The number of nitrogens with two attached hydrogens (primary N) is 1. The van der Waals surface area contributed by atoms with Gasteiger partial charge in [0.2, 0.25) is 0 Å². The zero-order valence-corrected chi connectivity index (χ0v) is 12.5. The van der Waals surface area contributed by atoms with Crippen molar-refractivity contribution < 1.29 is 0 Å². The maximum Gasteiger partial charge on any atom is 0.162 e. The van der Waals surface area contributed by atoms with Crippen molar-refractivity contribution in [2.75, 3.05) is 5.73 Å². The van der Waals surface area contributed by atoms with Gasteiger partial charge >= 0.3 is 0 Å². The topological polar surface area (TPSA) is 69.6 Å². The molecule has 2 aromatic heterocycles. The Hall–Kier alpha value is -2.40. The van der Waals surface area contributed by atoms with E-state index in [0.717, 1.165) is 22.4 Å². The maximum absolute atomic E-state index is 5.99. The molecule has 6 heteroatoms. The van der Waals surface area contributed by atoms with Gasteiger partial charge in [-0.2, -0.15) is 5.10 Å². The fraction of sp³-hybridized carbons (Fsp3) is 0.133. The van der Waals surface area contributed by atoms with Gasteiger partial charge in [-0.1, -0.05) is 11.6 Å². The molecule has 0 aliphatic heterocycles. The van der Waals surface area contributed by atoms with Gasteiger partial charge in [0.05, 0.1) is 11.9 Å². The van der Waals surface area contributed by atoms with Gasteiger partial charge in [0.25, 0.3) is 0 Å². The smallest absolute Gasteiger partial charge is 0.162 e. The minimum absolute atomic E-state index is 0.424. The third-order valence-electron chi connectivity index (χ3n) is 3.18. The van der Waals surface area contributed by atoms with Crippen LogP contribution in [0.15, 0.2) is 36.7 Å². The van der Waals surface area contributed by atoms with Crippen molar-refractivity contribution in [3.8, 4) is 22.6 Å². The summed E-state index contributed by atoms with van der Waals surface area (Å²) in [6.07, 6.45) is 3.64. The number of nitrogen functional groups attached to an aromatic ring is 1. The van der Waals surface area contributed by atoms with Crippen LogP contribution in [0.5, 0.6) is 0 Å². The van der Waals surface area contributed by atoms with Crippen LogP contribution in [0.2, 0.25) is 5.02 Å². The molecule has 3 rings (SSSR count). The highest BCUT2D eigenvalue weighted by Gasteiger charge is 2.10. The van der Waals surface area contributed by atoms with Gasteiger partial charge in [0.15, 0.2) is 5.82 Å². The van der Waals surface area contributed by atoms with E-state index >= 15 is 0 Å². The molecule has 0 spiro atoms. The molecule has 0 fully saturated rings. The highest BCUT2D eigenvalue weighted by Crippen LogP contribution is 2.26. The van der Waals surface area contributed by atoms with E-state index in [-0.39, 0.29) is 0 Å². The van der Waals surface area contributed by atoms with E-state index in [9.17, 15) is 0 Å². The van der Waals surface area contributed by atoms with Crippen LogP contribution in [-0.4, -0.2) is 19.7 Å². The minimum atomic E-state index is 0.424. The van der Waals surface area contributed by atoms with Crippen LogP contribution in [0.3, 0.4) is 0 Å². The molecule has 0 atom stereocenters. The number of hydrogen-bond donors (Lipinski definition) is 1. The van der Waals surface area contributed by atoms with Crippen molar-refractivity contribution in [3.63, 3.8) is 0 Å². The van der Waals surface area contributed by atoms with E-state index in [2.05, 4.69) is 15.1 Å². The normalized spacial score (nSPS) is 10.8. The summed E-state index contributed by atoms with van der Waals surface area (Å²) in [5.74, 6) is 1.01. The lowest BCUT2D eigenvalue weighted by Gasteiger charge is -2.07. The number of aromatic nitrogens is 4. The van der Waals surface area contributed by atoms with Crippen LogP contribution < -0.4 is 5.73 Å². The van der Waals surface area contributed by atoms with Crippen LogP contribution in [0.25, 0.3) is 22.6 Å². The van der Waals surface area contributed by atoms with Crippen molar-refractivity contribution >= 4 is 17.4 Å². The van der Waals surface area contributed by atoms with Gasteiger partial charge in [0, 0.05) is 35.5 Å². The molecule has 5 nitrogen and oxygen atoms in total. The molecular weight excluding hydrogens is 286 g/mol. The van der Waals surface area contributed by atoms with Crippen LogP contribution in [-0.2, 0) is 7.05 Å². The molecule has 0 saturated heterocycles. The highest BCUT2D eigenvalue weighted by atomic mass is 35.5. The van der Waals surface area contributed by atoms with E-state index in [1.54, 1.807) is 16.9 Å².